The van der Waals surface area contributed by atoms with Crippen molar-refractivity contribution in [1.29, 1.82) is 0 Å². The molecule has 0 saturated heterocycles. The summed E-state index contributed by atoms with van der Waals surface area (Å²) < 4.78 is 5.12. The predicted octanol–water partition coefficient (Wildman–Crippen LogP) is 11.1. The van der Waals surface area contributed by atoms with Crippen molar-refractivity contribution in [2.45, 2.75) is 31.7 Å². The lowest BCUT2D eigenvalue weighted by atomic mass is 9.82. The molecule has 0 amide bonds. The van der Waals surface area contributed by atoms with Gasteiger partial charge in [-0.1, -0.05) is 117 Å². The predicted molar refractivity (Wildman–Crippen MR) is 191 cm³/mol. The summed E-state index contributed by atoms with van der Waals surface area (Å²) in [6, 6.07) is 47.3. The molecule has 7 aromatic rings. The van der Waals surface area contributed by atoms with Gasteiger partial charge in [0.25, 0.3) is 0 Å². The van der Waals surface area contributed by atoms with Crippen LogP contribution in [0.25, 0.3) is 49.9 Å². The zero-order valence-corrected chi connectivity index (χ0v) is 26.0. The maximum absolute atomic E-state index is 2.60. The third-order valence-corrected chi connectivity index (χ3v) is 10.6. The fourth-order valence-electron chi connectivity index (χ4n) is 8.42. The fourth-order valence-corrected chi connectivity index (χ4v) is 8.42. The Morgan fingerprint density at radius 1 is 0.630 bits per heavy atom. The SMILES string of the molecule is CC1(C)c2ccccc2-c2ccc(-n3c4ccccc4c4cc5n(c43)C3CC=CC=C3N5c3ccc(-c4ccccc4)cc3)cc21. The van der Waals surface area contributed by atoms with Crippen molar-refractivity contribution in [3.8, 4) is 27.9 Å². The Morgan fingerprint density at radius 2 is 1.35 bits per heavy atom. The van der Waals surface area contributed by atoms with E-state index in [0.717, 1.165) is 6.42 Å². The minimum Gasteiger partial charge on any atom is -0.303 e. The highest BCUT2D eigenvalue weighted by molar-refractivity contribution is 6.11. The third-order valence-electron chi connectivity index (χ3n) is 10.6. The van der Waals surface area contributed by atoms with E-state index in [2.05, 4.69) is 174 Å². The van der Waals surface area contributed by atoms with Gasteiger partial charge in [0.1, 0.15) is 11.5 Å². The van der Waals surface area contributed by atoms with Gasteiger partial charge in [0.2, 0.25) is 0 Å². The number of nitrogens with zero attached hydrogens (tertiary/aromatic N) is 3. The minimum absolute atomic E-state index is 0.0576. The van der Waals surface area contributed by atoms with Crippen molar-refractivity contribution in [3.63, 3.8) is 0 Å². The van der Waals surface area contributed by atoms with Crippen LogP contribution in [0.2, 0.25) is 0 Å². The number of fused-ring (bicyclic) bond motifs is 10. The zero-order chi connectivity index (χ0) is 30.6. The smallest absolute Gasteiger partial charge is 0.128 e. The van der Waals surface area contributed by atoms with Crippen LogP contribution in [0.4, 0.5) is 11.5 Å². The van der Waals surface area contributed by atoms with E-state index in [1.807, 2.05) is 0 Å². The van der Waals surface area contributed by atoms with Crippen LogP contribution in [-0.4, -0.2) is 9.13 Å². The molecule has 5 aromatic carbocycles. The van der Waals surface area contributed by atoms with Crippen LogP contribution >= 0.6 is 0 Å². The van der Waals surface area contributed by atoms with Crippen LogP contribution < -0.4 is 4.90 Å². The van der Waals surface area contributed by atoms with Gasteiger partial charge in [-0.25, -0.2) is 0 Å². The number of rotatable bonds is 3. The Kier molecular flexibility index (Phi) is 5.18. The van der Waals surface area contributed by atoms with Crippen LogP contribution in [0, 0.1) is 0 Å². The summed E-state index contributed by atoms with van der Waals surface area (Å²) >= 11 is 0. The standard InChI is InChI=1S/C43H33N3/c1-43(2)36-16-8-6-14-32(36)33-25-24-31(26-37(33)43)45-38-17-9-7-15-34(38)35-27-41-44(39-18-10-11-19-40(39)46(41)42(35)45)30-22-20-29(21-23-30)28-12-4-3-5-13-28/h3-18,20-27,40H,19H2,1-2H3. The van der Waals surface area contributed by atoms with Crippen molar-refractivity contribution in [1.82, 2.24) is 9.13 Å². The average Bonchev–Trinajstić information content (AvgIpc) is 3.79. The molecule has 3 nitrogen and oxygen atoms in total. The molecule has 46 heavy (non-hydrogen) atoms. The summed E-state index contributed by atoms with van der Waals surface area (Å²) in [5.41, 5.74) is 14.2. The van der Waals surface area contributed by atoms with Gasteiger partial charge in [0.05, 0.1) is 11.6 Å². The number of aromatic nitrogens is 2. The Labute approximate surface area is 269 Å². The molecule has 3 heteroatoms. The maximum Gasteiger partial charge on any atom is 0.128 e. The Bertz CT molecular complexity index is 2410. The number of allylic oxidation sites excluding steroid dienone is 4. The topological polar surface area (TPSA) is 13.1 Å². The molecule has 0 radical (unpaired) electrons. The number of hydrogen-bond donors (Lipinski definition) is 0. The fraction of sp³-hybridized carbons (Fsp3) is 0.116. The lowest BCUT2D eigenvalue weighted by Crippen LogP contribution is -2.16. The van der Waals surface area contributed by atoms with Gasteiger partial charge in [-0.15, -0.1) is 0 Å². The summed E-state index contributed by atoms with van der Waals surface area (Å²) in [6.07, 6.45) is 7.81. The largest absolute Gasteiger partial charge is 0.303 e. The van der Waals surface area contributed by atoms with Gasteiger partial charge in [-0.05, 0) is 82.3 Å². The lowest BCUT2D eigenvalue weighted by Gasteiger charge is -2.24. The molecular formula is C43H33N3. The first kappa shape index (κ1) is 25.8. The molecule has 0 fully saturated rings. The number of anilines is 2. The second kappa shape index (κ2) is 9.24. The van der Waals surface area contributed by atoms with Crippen LogP contribution in [0.15, 0.2) is 151 Å². The van der Waals surface area contributed by atoms with E-state index >= 15 is 0 Å². The summed E-state index contributed by atoms with van der Waals surface area (Å²) in [5, 5.41) is 2.59. The summed E-state index contributed by atoms with van der Waals surface area (Å²) in [4.78, 5) is 2.48. The number of benzene rings is 5. The quantitative estimate of drug-likeness (QED) is 0.199. The van der Waals surface area contributed by atoms with Crippen molar-refractivity contribution < 1.29 is 0 Å². The molecule has 1 atom stereocenters. The third kappa shape index (κ3) is 3.37. The van der Waals surface area contributed by atoms with E-state index in [9.17, 15) is 0 Å². The van der Waals surface area contributed by atoms with Gasteiger partial charge in [0.15, 0.2) is 0 Å². The van der Waals surface area contributed by atoms with Gasteiger partial charge < -0.3 is 4.57 Å². The van der Waals surface area contributed by atoms with Crippen molar-refractivity contribution >= 4 is 33.4 Å². The highest BCUT2D eigenvalue weighted by Gasteiger charge is 2.39. The van der Waals surface area contributed by atoms with E-state index in [0.29, 0.717) is 0 Å². The van der Waals surface area contributed by atoms with Crippen molar-refractivity contribution in [2.24, 2.45) is 0 Å². The molecule has 220 valence electrons. The van der Waals surface area contributed by atoms with E-state index in [4.69, 9.17) is 0 Å². The number of para-hydroxylation sites is 1. The Hall–Kier alpha value is -5.54. The molecule has 0 spiro atoms. The molecular weight excluding hydrogens is 558 g/mol. The highest BCUT2D eigenvalue weighted by Crippen LogP contribution is 2.53. The molecule has 10 rings (SSSR count). The molecule has 3 heterocycles. The normalized spacial score (nSPS) is 17.2. The van der Waals surface area contributed by atoms with Crippen LogP contribution in [0.5, 0.6) is 0 Å². The highest BCUT2D eigenvalue weighted by atomic mass is 15.4. The second-order valence-corrected chi connectivity index (χ2v) is 13.4. The van der Waals surface area contributed by atoms with E-state index in [1.165, 1.54) is 78.2 Å². The first-order chi connectivity index (χ1) is 22.6. The van der Waals surface area contributed by atoms with Gasteiger partial charge in [-0.3, -0.25) is 9.47 Å². The maximum atomic E-state index is 2.60. The summed E-state index contributed by atoms with van der Waals surface area (Å²) in [6.45, 7) is 4.73. The van der Waals surface area contributed by atoms with E-state index in [1.54, 1.807) is 0 Å². The minimum atomic E-state index is -0.0576. The second-order valence-electron chi connectivity index (χ2n) is 13.4. The molecule has 2 aromatic heterocycles. The first-order valence-corrected chi connectivity index (χ1v) is 16.3. The van der Waals surface area contributed by atoms with E-state index in [-0.39, 0.29) is 11.5 Å². The molecule has 2 aliphatic carbocycles. The molecule has 0 bridgehead atoms. The Balaban J connectivity index is 1.19. The van der Waals surface area contributed by atoms with E-state index < -0.39 is 0 Å². The number of hydrogen-bond acceptors (Lipinski definition) is 1. The van der Waals surface area contributed by atoms with Crippen LogP contribution in [-0.2, 0) is 5.41 Å². The summed E-state index contributed by atoms with van der Waals surface area (Å²) in [5.74, 6) is 1.23. The zero-order valence-electron chi connectivity index (χ0n) is 26.0. The average molecular weight is 592 g/mol. The van der Waals surface area contributed by atoms with Gasteiger partial charge in [-0.2, -0.15) is 0 Å². The van der Waals surface area contributed by atoms with Gasteiger partial charge >= 0.3 is 0 Å². The van der Waals surface area contributed by atoms with Crippen LogP contribution in [0.1, 0.15) is 37.4 Å². The molecule has 0 saturated carbocycles. The van der Waals surface area contributed by atoms with Gasteiger partial charge in [0, 0.05) is 33.3 Å². The molecule has 3 aliphatic rings. The van der Waals surface area contributed by atoms with Crippen molar-refractivity contribution in [2.75, 3.05) is 4.90 Å². The molecule has 0 N–H and O–H groups in total. The van der Waals surface area contributed by atoms with Crippen molar-refractivity contribution in [3.05, 3.63) is 162 Å². The first-order valence-electron chi connectivity index (χ1n) is 16.3. The Morgan fingerprint density at radius 3 is 2.22 bits per heavy atom. The summed E-state index contributed by atoms with van der Waals surface area (Å²) in [7, 11) is 0. The van der Waals surface area contributed by atoms with Crippen LogP contribution in [0.3, 0.4) is 0 Å². The molecule has 1 unspecified atom stereocenters. The lowest BCUT2D eigenvalue weighted by molar-refractivity contribution is 0.630. The molecule has 1 aliphatic heterocycles. The monoisotopic (exact) mass is 591 g/mol.